The first kappa shape index (κ1) is 29.2. The quantitative estimate of drug-likeness (QED) is 0.113. The highest BCUT2D eigenvalue weighted by Crippen LogP contribution is 2.39. The first-order valence-corrected chi connectivity index (χ1v) is 14.9. The lowest BCUT2D eigenvalue weighted by atomic mass is 10.0. The number of nitrogens with zero attached hydrogens (tertiary/aromatic N) is 6. The van der Waals surface area contributed by atoms with Gasteiger partial charge in [0.2, 0.25) is 0 Å². The Bertz CT molecular complexity index is 2150. The normalized spacial score (nSPS) is 10.9. The number of methoxy groups -OCH3 is 1. The summed E-state index contributed by atoms with van der Waals surface area (Å²) in [6.45, 7) is 0.170. The van der Waals surface area contributed by atoms with Gasteiger partial charge in [-0.05, 0) is 42.5 Å². The van der Waals surface area contributed by atoms with Crippen LogP contribution >= 0.6 is 0 Å². The van der Waals surface area contributed by atoms with Crippen LogP contribution in [0.15, 0.2) is 140 Å². The van der Waals surface area contributed by atoms with E-state index in [1.807, 2.05) is 78.9 Å². The van der Waals surface area contributed by atoms with Crippen LogP contribution in [0.3, 0.4) is 0 Å². The summed E-state index contributed by atoms with van der Waals surface area (Å²) in [6, 6.07) is 42.9. The molecule has 0 fully saturated rings. The van der Waals surface area contributed by atoms with Gasteiger partial charge in [-0.1, -0.05) is 84.1 Å². The molecule has 0 N–H and O–H groups in total. The highest BCUT2D eigenvalue weighted by molar-refractivity contribution is 5.84. The van der Waals surface area contributed by atoms with Gasteiger partial charge in [0.05, 0.1) is 35.7 Å². The van der Waals surface area contributed by atoms with Gasteiger partial charge in [-0.25, -0.2) is 9.67 Å². The van der Waals surface area contributed by atoms with Gasteiger partial charge in [0, 0.05) is 28.4 Å². The lowest BCUT2D eigenvalue weighted by molar-refractivity contribution is -0.384. The lowest BCUT2D eigenvalue weighted by Gasteiger charge is -2.14. The van der Waals surface area contributed by atoms with E-state index in [2.05, 4.69) is 51.3 Å². The fourth-order valence-corrected chi connectivity index (χ4v) is 5.41. The van der Waals surface area contributed by atoms with Gasteiger partial charge in [-0.15, -0.1) is 5.10 Å². The highest BCUT2D eigenvalue weighted by atomic mass is 16.6. The number of ether oxygens (including phenoxy) is 2. The predicted molar refractivity (Wildman–Crippen MR) is 179 cm³/mol. The van der Waals surface area contributed by atoms with Crippen LogP contribution in [0.5, 0.6) is 11.5 Å². The number of nitro groups is 1. The Kier molecular flexibility index (Phi) is 7.96. The molecule has 0 aliphatic carbocycles. The zero-order chi connectivity index (χ0) is 32.2. The van der Waals surface area contributed by atoms with Crippen molar-refractivity contribution in [3.8, 4) is 56.8 Å². The maximum absolute atomic E-state index is 11.2. The summed E-state index contributed by atoms with van der Waals surface area (Å²) in [7, 11) is 1.45. The molecule has 0 radical (unpaired) electrons. The standard InChI is InChI=1S/C37H28N6O4/c1-46-34-23-31(43(44)45)19-22-33(34)41-24-29(39-40-41)25-47-32-20-17-28(18-21-32)37-38-35(26-11-5-2-6-12-26)36(27-13-7-3-8-14-27)42(37)30-15-9-4-10-16-30/h2-24H,25H2,1H3. The second kappa shape index (κ2) is 12.8. The largest absolute Gasteiger partial charge is 0.494 e. The molecule has 10 nitrogen and oxygen atoms in total. The second-order valence-electron chi connectivity index (χ2n) is 10.6. The summed E-state index contributed by atoms with van der Waals surface area (Å²) < 4.78 is 15.1. The molecule has 0 amide bonds. The zero-order valence-electron chi connectivity index (χ0n) is 25.3. The summed E-state index contributed by atoms with van der Waals surface area (Å²) in [5, 5.41) is 19.5. The number of non-ortho nitro benzene ring substituents is 1. The number of hydrogen-bond donors (Lipinski definition) is 0. The molecule has 0 unspecified atom stereocenters. The van der Waals surface area contributed by atoms with Crippen LogP contribution in [0, 0.1) is 10.1 Å². The number of benzene rings is 5. The summed E-state index contributed by atoms with van der Waals surface area (Å²) in [6.07, 6.45) is 1.70. The van der Waals surface area contributed by atoms with Crippen molar-refractivity contribution in [2.45, 2.75) is 6.61 Å². The van der Waals surface area contributed by atoms with E-state index in [1.165, 1.54) is 23.9 Å². The fraction of sp³-hybridized carbons (Fsp3) is 0.0541. The first-order valence-electron chi connectivity index (χ1n) is 14.9. The summed E-state index contributed by atoms with van der Waals surface area (Å²) in [4.78, 5) is 15.9. The fourth-order valence-electron chi connectivity index (χ4n) is 5.41. The Hall–Kier alpha value is -6.55. The van der Waals surface area contributed by atoms with E-state index < -0.39 is 4.92 Å². The van der Waals surface area contributed by atoms with Gasteiger partial charge in [-0.3, -0.25) is 14.7 Å². The smallest absolute Gasteiger partial charge is 0.273 e. The minimum absolute atomic E-state index is 0.0727. The molecule has 0 saturated carbocycles. The maximum Gasteiger partial charge on any atom is 0.273 e. The molecule has 2 heterocycles. The number of nitro benzene ring substituents is 1. The van der Waals surface area contributed by atoms with E-state index in [0.717, 1.165) is 39.6 Å². The topological polar surface area (TPSA) is 110 Å². The third kappa shape index (κ3) is 5.95. The van der Waals surface area contributed by atoms with Crippen LogP contribution in [-0.2, 0) is 6.61 Å². The third-order valence-electron chi connectivity index (χ3n) is 7.65. The zero-order valence-corrected chi connectivity index (χ0v) is 25.3. The average molecular weight is 621 g/mol. The van der Waals surface area contributed by atoms with Crippen LogP contribution in [-0.4, -0.2) is 36.6 Å². The van der Waals surface area contributed by atoms with Crippen molar-refractivity contribution < 1.29 is 14.4 Å². The Morgan fingerprint density at radius 3 is 2.09 bits per heavy atom. The van der Waals surface area contributed by atoms with Crippen molar-refractivity contribution in [3.05, 3.63) is 155 Å². The Morgan fingerprint density at radius 1 is 0.766 bits per heavy atom. The summed E-state index contributed by atoms with van der Waals surface area (Å²) in [5.74, 6) is 1.77. The van der Waals surface area contributed by atoms with Crippen LogP contribution in [0.25, 0.3) is 45.3 Å². The molecule has 0 bridgehead atoms. The molecule has 0 atom stereocenters. The van der Waals surface area contributed by atoms with Gasteiger partial charge in [0.25, 0.3) is 5.69 Å². The van der Waals surface area contributed by atoms with Crippen LogP contribution < -0.4 is 9.47 Å². The molecule has 7 aromatic rings. The first-order chi connectivity index (χ1) is 23.1. The van der Waals surface area contributed by atoms with Crippen molar-refractivity contribution in [1.82, 2.24) is 24.5 Å². The molecule has 10 heteroatoms. The predicted octanol–water partition coefficient (Wildman–Crippen LogP) is 7.95. The van der Waals surface area contributed by atoms with Gasteiger partial charge < -0.3 is 9.47 Å². The summed E-state index contributed by atoms with van der Waals surface area (Å²) >= 11 is 0. The highest BCUT2D eigenvalue weighted by Gasteiger charge is 2.22. The van der Waals surface area contributed by atoms with Crippen LogP contribution in [0.1, 0.15) is 5.69 Å². The number of aromatic nitrogens is 5. The Labute approximate surface area is 270 Å². The van der Waals surface area contributed by atoms with E-state index in [9.17, 15) is 10.1 Å². The van der Waals surface area contributed by atoms with Crippen molar-refractivity contribution in [1.29, 1.82) is 0 Å². The van der Waals surface area contributed by atoms with E-state index in [4.69, 9.17) is 14.5 Å². The number of hydrogen-bond acceptors (Lipinski definition) is 7. The molecule has 0 saturated heterocycles. The van der Waals surface area contributed by atoms with Crippen molar-refractivity contribution in [2.24, 2.45) is 0 Å². The number of para-hydroxylation sites is 1. The van der Waals surface area contributed by atoms with E-state index in [0.29, 0.717) is 22.9 Å². The maximum atomic E-state index is 11.2. The van der Waals surface area contributed by atoms with Crippen LogP contribution in [0.4, 0.5) is 5.69 Å². The molecular formula is C37H28N6O4. The van der Waals surface area contributed by atoms with E-state index >= 15 is 0 Å². The molecule has 0 aliphatic rings. The lowest BCUT2D eigenvalue weighted by Crippen LogP contribution is -2.00. The SMILES string of the molecule is COc1cc([N+](=O)[O-])ccc1-n1cc(COc2ccc(-c3nc(-c4ccccc4)c(-c4ccccc4)n3-c3ccccc3)cc2)nn1. The Balaban J connectivity index is 1.19. The van der Waals surface area contributed by atoms with E-state index in [1.54, 1.807) is 12.3 Å². The molecule has 5 aromatic carbocycles. The molecule has 0 aliphatic heterocycles. The number of imidazole rings is 1. The van der Waals surface area contributed by atoms with Crippen molar-refractivity contribution in [3.63, 3.8) is 0 Å². The molecule has 7 rings (SSSR count). The molecule has 2 aromatic heterocycles. The van der Waals surface area contributed by atoms with Gasteiger partial charge in [0.1, 0.15) is 29.6 Å². The minimum atomic E-state index is -0.475. The van der Waals surface area contributed by atoms with Gasteiger partial charge >= 0.3 is 0 Å². The molecule has 230 valence electrons. The monoisotopic (exact) mass is 620 g/mol. The van der Waals surface area contributed by atoms with Crippen molar-refractivity contribution in [2.75, 3.05) is 7.11 Å². The van der Waals surface area contributed by atoms with Crippen LogP contribution in [0.2, 0.25) is 0 Å². The van der Waals surface area contributed by atoms with Gasteiger partial charge in [0.15, 0.2) is 5.75 Å². The number of rotatable bonds is 10. The van der Waals surface area contributed by atoms with Gasteiger partial charge in [-0.2, -0.15) is 0 Å². The molecular weight excluding hydrogens is 592 g/mol. The van der Waals surface area contributed by atoms with Crippen molar-refractivity contribution >= 4 is 5.69 Å². The minimum Gasteiger partial charge on any atom is -0.494 e. The van der Waals surface area contributed by atoms with E-state index in [-0.39, 0.29) is 12.3 Å². The average Bonchev–Trinajstić information content (AvgIpc) is 3.77. The molecule has 47 heavy (non-hydrogen) atoms. The molecule has 0 spiro atoms. The second-order valence-corrected chi connectivity index (χ2v) is 10.6. The Morgan fingerprint density at radius 2 is 1.43 bits per heavy atom. The summed E-state index contributed by atoms with van der Waals surface area (Å²) in [5.41, 5.74) is 6.95. The third-order valence-corrected chi connectivity index (χ3v) is 7.65.